The first kappa shape index (κ1) is 27.2. The van der Waals surface area contributed by atoms with Crippen molar-refractivity contribution in [2.24, 2.45) is 5.92 Å². The van der Waals surface area contributed by atoms with E-state index in [1.807, 2.05) is 0 Å². The number of carbonyl (C=O) groups is 2. The van der Waals surface area contributed by atoms with E-state index in [0.29, 0.717) is 11.6 Å². The number of anilines is 2. The average Bonchev–Trinajstić information content (AvgIpc) is 3.42. The van der Waals surface area contributed by atoms with Gasteiger partial charge in [-0.05, 0) is 48.0 Å². The first-order valence-corrected chi connectivity index (χ1v) is 12.1. The highest BCUT2D eigenvalue weighted by Gasteiger charge is 2.67. The molecule has 4 nitrogen and oxygen atoms in total. The van der Waals surface area contributed by atoms with Crippen LogP contribution in [-0.2, 0) is 4.79 Å². The lowest BCUT2D eigenvalue weighted by molar-refractivity contribution is -0.117. The van der Waals surface area contributed by atoms with Gasteiger partial charge in [0, 0.05) is 17.7 Å². The predicted octanol–water partition coefficient (Wildman–Crippen LogP) is 7.22. The number of hydrogen-bond acceptors (Lipinski definition) is 2. The van der Waals surface area contributed by atoms with E-state index in [0.717, 1.165) is 23.1 Å². The van der Waals surface area contributed by atoms with Gasteiger partial charge in [-0.2, -0.15) is 0 Å². The summed E-state index contributed by atoms with van der Waals surface area (Å²) in [7, 11) is 0. The standard InChI is InChI=1S/C26H15Cl4F3N2O2/c1-2-9-35(21-8-4-14(31)11-20(21)33)25(37)16-12-15(5-6-17(16)27)34-24(36)23-22(26(23,29)30)13-3-7-19(32)18(28)10-13/h1,3-8,10-12,22-23H,9H2,(H,34,36)/t22-,23?/m0/s1. The second-order valence-electron chi connectivity index (χ2n) is 8.18. The maximum Gasteiger partial charge on any atom is 0.260 e. The van der Waals surface area contributed by atoms with Gasteiger partial charge in [-0.15, -0.1) is 29.6 Å². The Morgan fingerprint density at radius 3 is 2.35 bits per heavy atom. The average molecular weight is 586 g/mol. The summed E-state index contributed by atoms with van der Waals surface area (Å²) in [4.78, 5) is 27.2. The lowest BCUT2D eigenvalue weighted by Crippen LogP contribution is -2.32. The molecule has 0 radical (unpaired) electrons. The van der Waals surface area contributed by atoms with Crippen LogP contribution in [0.4, 0.5) is 24.5 Å². The molecule has 0 saturated heterocycles. The Morgan fingerprint density at radius 1 is 0.973 bits per heavy atom. The zero-order valence-electron chi connectivity index (χ0n) is 18.5. The van der Waals surface area contributed by atoms with Crippen molar-refractivity contribution in [1.82, 2.24) is 0 Å². The summed E-state index contributed by atoms with van der Waals surface area (Å²) in [6.45, 7) is -0.334. The number of nitrogens with zero attached hydrogens (tertiary/aromatic N) is 1. The molecular weight excluding hydrogens is 571 g/mol. The zero-order chi connectivity index (χ0) is 27.1. The number of nitrogens with one attached hydrogen (secondary N) is 1. The van der Waals surface area contributed by atoms with E-state index in [1.165, 1.54) is 30.3 Å². The van der Waals surface area contributed by atoms with Crippen LogP contribution in [0.15, 0.2) is 54.6 Å². The number of amides is 2. The molecule has 0 heterocycles. The monoisotopic (exact) mass is 584 g/mol. The van der Waals surface area contributed by atoms with Crippen molar-refractivity contribution in [3.63, 3.8) is 0 Å². The maximum atomic E-state index is 14.4. The molecule has 3 aromatic carbocycles. The predicted molar refractivity (Wildman–Crippen MR) is 139 cm³/mol. The summed E-state index contributed by atoms with van der Waals surface area (Å²) < 4.78 is 39.8. The van der Waals surface area contributed by atoms with E-state index >= 15 is 0 Å². The summed E-state index contributed by atoms with van der Waals surface area (Å²) in [5.74, 6) is -3.10. The first-order chi connectivity index (χ1) is 17.4. The zero-order valence-corrected chi connectivity index (χ0v) is 21.6. The molecule has 1 fully saturated rings. The van der Waals surface area contributed by atoms with Crippen molar-refractivity contribution < 1.29 is 22.8 Å². The van der Waals surface area contributed by atoms with Crippen LogP contribution in [0.2, 0.25) is 10.0 Å². The highest BCUT2D eigenvalue weighted by molar-refractivity contribution is 6.53. The Labute approximate surface area is 230 Å². The molecule has 1 aliphatic rings. The molecule has 11 heteroatoms. The minimum Gasteiger partial charge on any atom is -0.326 e. The Balaban J connectivity index is 1.58. The molecule has 1 N–H and O–H groups in total. The fraction of sp³-hybridized carbons (Fsp3) is 0.154. The molecule has 190 valence electrons. The summed E-state index contributed by atoms with van der Waals surface area (Å²) in [5, 5.41) is 2.49. The van der Waals surface area contributed by atoms with Gasteiger partial charge in [0.2, 0.25) is 5.91 Å². The highest BCUT2D eigenvalue weighted by atomic mass is 35.5. The van der Waals surface area contributed by atoms with Crippen LogP contribution >= 0.6 is 46.4 Å². The minimum atomic E-state index is -1.47. The summed E-state index contributed by atoms with van der Waals surface area (Å²) in [6.07, 6.45) is 5.36. The summed E-state index contributed by atoms with van der Waals surface area (Å²) in [6, 6.07) is 10.7. The van der Waals surface area contributed by atoms with Crippen molar-refractivity contribution in [3.05, 3.63) is 93.2 Å². The maximum absolute atomic E-state index is 14.4. The van der Waals surface area contributed by atoms with Gasteiger partial charge in [0.15, 0.2) is 0 Å². The number of carbonyl (C=O) groups excluding carboxylic acids is 2. The van der Waals surface area contributed by atoms with Crippen LogP contribution in [0.25, 0.3) is 0 Å². The SMILES string of the molecule is C#CCN(C(=O)c1cc(NC(=O)C2[C@H](c3ccc(F)c(Cl)c3)C2(Cl)Cl)ccc1Cl)c1ccc(F)cc1F. The van der Waals surface area contributed by atoms with Gasteiger partial charge in [0.25, 0.3) is 5.91 Å². The number of hydrogen-bond donors (Lipinski definition) is 1. The molecule has 0 aliphatic heterocycles. The van der Waals surface area contributed by atoms with Crippen LogP contribution in [0.1, 0.15) is 21.8 Å². The number of benzene rings is 3. The van der Waals surface area contributed by atoms with Gasteiger partial charge in [-0.3, -0.25) is 14.5 Å². The van der Waals surface area contributed by atoms with Crippen LogP contribution in [0.5, 0.6) is 0 Å². The van der Waals surface area contributed by atoms with Crippen molar-refractivity contribution in [1.29, 1.82) is 0 Å². The van der Waals surface area contributed by atoms with Crippen LogP contribution in [-0.4, -0.2) is 22.7 Å². The summed E-state index contributed by atoms with van der Waals surface area (Å²) >= 11 is 24.8. The van der Waals surface area contributed by atoms with Crippen LogP contribution in [0.3, 0.4) is 0 Å². The van der Waals surface area contributed by atoms with Gasteiger partial charge < -0.3 is 5.32 Å². The lowest BCUT2D eigenvalue weighted by Gasteiger charge is -2.22. The molecule has 0 aromatic heterocycles. The number of halogens is 7. The smallest absolute Gasteiger partial charge is 0.260 e. The van der Waals surface area contributed by atoms with Gasteiger partial charge >= 0.3 is 0 Å². The van der Waals surface area contributed by atoms with E-state index in [9.17, 15) is 22.8 Å². The number of terminal acetylenes is 1. The highest BCUT2D eigenvalue weighted by Crippen LogP contribution is 2.65. The van der Waals surface area contributed by atoms with E-state index in [4.69, 9.17) is 52.8 Å². The van der Waals surface area contributed by atoms with Gasteiger partial charge in [-0.25, -0.2) is 13.2 Å². The molecule has 1 aliphatic carbocycles. The van der Waals surface area contributed by atoms with Crippen LogP contribution in [0, 0.1) is 35.7 Å². The molecule has 1 unspecified atom stereocenters. The first-order valence-electron chi connectivity index (χ1n) is 10.6. The van der Waals surface area contributed by atoms with E-state index in [1.54, 1.807) is 0 Å². The summed E-state index contributed by atoms with van der Waals surface area (Å²) in [5.41, 5.74) is 0.307. The van der Waals surface area contributed by atoms with Crippen molar-refractivity contribution >= 4 is 69.6 Å². The quantitative estimate of drug-likeness (QED) is 0.245. The Kier molecular flexibility index (Phi) is 7.68. The van der Waals surface area contributed by atoms with E-state index < -0.39 is 45.4 Å². The molecule has 2 atom stereocenters. The second-order valence-corrected chi connectivity index (χ2v) is 10.4. The Bertz CT molecular complexity index is 1460. The lowest BCUT2D eigenvalue weighted by atomic mass is 10.1. The van der Waals surface area contributed by atoms with Gasteiger partial charge in [-0.1, -0.05) is 35.2 Å². The molecule has 1 saturated carbocycles. The van der Waals surface area contributed by atoms with Crippen molar-refractivity contribution in [2.75, 3.05) is 16.8 Å². The molecule has 4 rings (SSSR count). The third-order valence-corrected chi connectivity index (χ3v) is 7.36. The fourth-order valence-electron chi connectivity index (χ4n) is 3.96. The molecule has 37 heavy (non-hydrogen) atoms. The number of alkyl halides is 2. The minimum absolute atomic E-state index is 0.00169. The van der Waals surface area contributed by atoms with Gasteiger partial charge in [0.1, 0.15) is 21.8 Å². The third-order valence-electron chi connectivity index (χ3n) is 5.80. The topological polar surface area (TPSA) is 49.4 Å². The molecule has 3 aromatic rings. The van der Waals surface area contributed by atoms with E-state index in [-0.39, 0.29) is 33.5 Å². The molecular formula is C26H15Cl4F3N2O2. The molecule has 0 bridgehead atoms. The van der Waals surface area contributed by atoms with Crippen LogP contribution < -0.4 is 10.2 Å². The molecule has 0 spiro atoms. The second kappa shape index (κ2) is 10.5. The molecule has 2 amide bonds. The van der Waals surface area contributed by atoms with Gasteiger partial charge in [0.05, 0.1) is 33.8 Å². The normalized spacial score (nSPS) is 17.6. The Morgan fingerprint density at radius 2 is 1.70 bits per heavy atom. The largest absolute Gasteiger partial charge is 0.326 e. The fourth-order valence-corrected chi connectivity index (χ4v) is 5.18. The van der Waals surface area contributed by atoms with E-state index in [2.05, 4.69) is 11.2 Å². The number of rotatable bonds is 6. The Hall–Kier alpha value is -2.89. The van der Waals surface area contributed by atoms with Crippen molar-refractivity contribution in [2.45, 2.75) is 10.3 Å². The third kappa shape index (κ3) is 5.39. The van der Waals surface area contributed by atoms with Crippen molar-refractivity contribution in [3.8, 4) is 12.3 Å².